The Balaban J connectivity index is 1.88. The number of nitrogens with one attached hydrogen (secondary N) is 2. The van der Waals surface area contributed by atoms with Gasteiger partial charge in [-0.25, -0.2) is 0 Å². The van der Waals surface area contributed by atoms with Crippen LogP contribution in [0.4, 0.5) is 0 Å². The van der Waals surface area contributed by atoms with E-state index >= 15 is 0 Å². The second-order valence-electron chi connectivity index (χ2n) is 5.05. The molecule has 1 atom stereocenters. The quantitative estimate of drug-likeness (QED) is 0.691. The molecule has 1 aromatic carbocycles. The predicted molar refractivity (Wildman–Crippen MR) is 74.8 cm³/mol. The Morgan fingerprint density at radius 1 is 1.37 bits per heavy atom. The Morgan fingerprint density at radius 3 is 2.58 bits per heavy atom. The van der Waals surface area contributed by atoms with Gasteiger partial charge in [-0.15, -0.1) is 0 Å². The summed E-state index contributed by atoms with van der Waals surface area (Å²) < 4.78 is 0. The maximum absolute atomic E-state index is 11.8. The number of aliphatic hydroxyl groups is 1. The van der Waals surface area contributed by atoms with Gasteiger partial charge >= 0.3 is 0 Å². The van der Waals surface area contributed by atoms with Crippen molar-refractivity contribution in [3.63, 3.8) is 0 Å². The maximum Gasteiger partial charge on any atom is 0.234 e. The summed E-state index contributed by atoms with van der Waals surface area (Å²) in [5.41, 5.74) is 2.20. The van der Waals surface area contributed by atoms with Gasteiger partial charge in [-0.3, -0.25) is 4.79 Å². The number of benzene rings is 1. The standard InChI is InChI=1S/C15H22N2O2/c1-2-11-3-5-12(6-4-11)14(10-18)17-15(19)9-16-13-7-8-13/h3-6,13-14,16,18H,2,7-10H2,1H3,(H,17,19). The smallest absolute Gasteiger partial charge is 0.234 e. The SMILES string of the molecule is CCc1ccc(C(CO)NC(=O)CNC2CC2)cc1. The predicted octanol–water partition coefficient (Wildman–Crippen LogP) is 1.15. The normalized spacial score (nSPS) is 16.1. The zero-order chi connectivity index (χ0) is 13.7. The molecule has 0 saturated heterocycles. The topological polar surface area (TPSA) is 61.4 Å². The van der Waals surface area contributed by atoms with E-state index < -0.39 is 0 Å². The van der Waals surface area contributed by atoms with Crippen molar-refractivity contribution in [2.24, 2.45) is 0 Å². The third-order valence-electron chi connectivity index (χ3n) is 3.44. The zero-order valence-electron chi connectivity index (χ0n) is 11.4. The largest absolute Gasteiger partial charge is 0.394 e. The molecule has 1 aliphatic carbocycles. The minimum atomic E-state index is -0.320. The summed E-state index contributed by atoms with van der Waals surface area (Å²) in [5.74, 6) is -0.0643. The van der Waals surface area contributed by atoms with Crippen molar-refractivity contribution in [2.75, 3.05) is 13.2 Å². The van der Waals surface area contributed by atoms with E-state index in [1.54, 1.807) is 0 Å². The number of carbonyl (C=O) groups is 1. The second kappa shape index (κ2) is 6.68. The molecule has 2 rings (SSSR count). The van der Waals surface area contributed by atoms with Gasteiger partial charge in [0, 0.05) is 6.04 Å². The molecular formula is C15H22N2O2. The molecule has 19 heavy (non-hydrogen) atoms. The summed E-state index contributed by atoms with van der Waals surface area (Å²) in [6, 6.07) is 8.20. The van der Waals surface area contributed by atoms with Crippen molar-refractivity contribution in [3.8, 4) is 0 Å². The van der Waals surface area contributed by atoms with E-state index in [0.717, 1.165) is 24.8 Å². The summed E-state index contributed by atoms with van der Waals surface area (Å²) in [7, 11) is 0. The molecule has 4 heteroatoms. The van der Waals surface area contributed by atoms with Crippen LogP contribution in [0, 0.1) is 0 Å². The van der Waals surface area contributed by atoms with Gasteiger partial charge in [0.25, 0.3) is 0 Å². The van der Waals surface area contributed by atoms with Gasteiger partial charge in [0.15, 0.2) is 0 Å². The van der Waals surface area contributed by atoms with Crippen molar-refractivity contribution >= 4 is 5.91 Å². The molecule has 1 aliphatic rings. The van der Waals surface area contributed by atoms with Gasteiger partial charge in [0.05, 0.1) is 19.2 Å². The molecule has 0 aromatic heterocycles. The van der Waals surface area contributed by atoms with E-state index in [4.69, 9.17) is 0 Å². The molecule has 0 spiro atoms. The van der Waals surface area contributed by atoms with Crippen LogP contribution >= 0.6 is 0 Å². The van der Waals surface area contributed by atoms with Crippen molar-refractivity contribution in [1.29, 1.82) is 0 Å². The molecule has 1 saturated carbocycles. The third-order valence-corrected chi connectivity index (χ3v) is 3.44. The number of aryl methyl sites for hydroxylation is 1. The molecule has 1 aromatic rings. The van der Waals surface area contributed by atoms with Crippen LogP contribution in [0.1, 0.15) is 36.9 Å². The van der Waals surface area contributed by atoms with Crippen molar-refractivity contribution in [3.05, 3.63) is 35.4 Å². The van der Waals surface area contributed by atoms with E-state index in [1.807, 2.05) is 24.3 Å². The lowest BCUT2D eigenvalue weighted by Crippen LogP contribution is -2.38. The highest BCUT2D eigenvalue weighted by molar-refractivity contribution is 5.78. The molecule has 0 aliphatic heterocycles. The van der Waals surface area contributed by atoms with Gasteiger partial charge in [-0.2, -0.15) is 0 Å². The minimum absolute atomic E-state index is 0.0643. The van der Waals surface area contributed by atoms with E-state index in [9.17, 15) is 9.90 Å². The highest BCUT2D eigenvalue weighted by Crippen LogP contribution is 2.18. The third kappa shape index (κ3) is 4.33. The number of hydrogen-bond acceptors (Lipinski definition) is 3. The summed E-state index contributed by atoms with van der Waals surface area (Å²) in [4.78, 5) is 11.8. The average molecular weight is 262 g/mol. The molecule has 0 heterocycles. The molecule has 1 amide bonds. The van der Waals surface area contributed by atoms with Gasteiger partial charge < -0.3 is 15.7 Å². The molecular weight excluding hydrogens is 240 g/mol. The maximum atomic E-state index is 11.8. The highest BCUT2D eigenvalue weighted by atomic mass is 16.3. The monoisotopic (exact) mass is 262 g/mol. The van der Waals surface area contributed by atoms with E-state index in [-0.39, 0.29) is 18.6 Å². The van der Waals surface area contributed by atoms with Gasteiger partial charge in [-0.1, -0.05) is 31.2 Å². The van der Waals surface area contributed by atoms with Crippen LogP contribution in [-0.2, 0) is 11.2 Å². The molecule has 1 unspecified atom stereocenters. The summed E-state index contributed by atoms with van der Waals surface area (Å²) in [5, 5.41) is 15.4. The van der Waals surface area contributed by atoms with E-state index in [2.05, 4.69) is 17.6 Å². The Labute approximate surface area is 114 Å². The number of aliphatic hydroxyl groups excluding tert-OH is 1. The fourth-order valence-corrected chi connectivity index (χ4v) is 1.99. The first-order valence-corrected chi connectivity index (χ1v) is 6.95. The lowest BCUT2D eigenvalue weighted by atomic mass is 10.0. The van der Waals surface area contributed by atoms with Crippen molar-refractivity contribution < 1.29 is 9.90 Å². The van der Waals surface area contributed by atoms with Crippen LogP contribution in [0.5, 0.6) is 0 Å². The molecule has 1 fully saturated rings. The zero-order valence-corrected chi connectivity index (χ0v) is 11.4. The lowest BCUT2D eigenvalue weighted by molar-refractivity contribution is -0.121. The van der Waals surface area contributed by atoms with Gasteiger partial charge in [0.1, 0.15) is 0 Å². The first kappa shape index (κ1) is 14.0. The van der Waals surface area contributed by atoms with Crippen LogP contribution < -0.4 is 10.6 Å². The Kier molecular flexibility index (Phi) is 4.93. The minimum Gasteiger partial charge on any atom is -0.394 e. The number of hydrogen-bond donors (Lipinski definition) is 3. The van der Waals surface area contributed by atoms with Crippen LogP contribution in [0.15, 0.2) is 24.3 Å². The molecule has 3 N–H and O–H groups in total. The fourth-order valence-electron chi connectivity index (χ4n) is 1.99. The van der Waals surface area contributed by atoms with Crippen LogP contribution in [-0.4, -0.2) is 30.2 Å². The van der Waals surface area contributed by atoms with E-state index in [0.29, 0.717) is 12.6 Å². The first-order valence-electron chi connectivity index (χ1n) is 6.95. The first-order chi connectivity index (χ1) is 9.22. The van der Waals surface area contributed by atoms with E-state index in [1.165, 1.54) is 5.56 Å². The number of carbonyl (C=O) groups excluding carboxylic acids is 1. The Hall–Kier alpha value is -1.39. The van der Waals surface area contributed by atoms with Crippen LogP contribution in [0.25, 0.3) is 0 Å². The lowest BCUT2D eigenvalue weighted by Gasteiger charge is -2.17. The fraction of sp³-hybridized carbons (Fsp3) is 0.533. The van der Waals surface area contributed by atoms with Crippen molar-refractivity contribution in [2.45, 2.75) is 38.3 Å². The van der Waals surface area contributed by atoms with Gasteiger partial charge in [-0.05, 0) is 30.4 Å². The highest BCUT2D eigenvalue weighted by Gasteiger charge is 2.22. The molecule has 4 nitrogen and oxygen atoms in total. The summed E-state index contributed by atoms with van der Waals surface area (Å²) in [6.07, 6.45) is 3.31. The molecule has 0 bridgehead atoms. The molecule has 104 valence electrons. The van der Waals surface area contributed by atoms with Crippen molar-refractivity contribution in [1.82, 2.24) is 10.6 Å². The Morgan fingerprint density at radius 2 is 2.05 bits per heavy atom. The van der Waals surface area contributed by atoms with Crippen LogP contribution in [0.2, 0.25) is 0 Å². The molecule has 0 radical (unpaired) electrons. The number of rotatable bonds is 7. The van der Waals surface area contributed by atoms with Crippen LogP contribution in [0.3, 0.4) is 0 Å². The summed E-state index contributed by atoms with van der Waals surface area (Å²) in [6.45, 7) is 2.35. The summed E-state index contributed by atoms with van der Waals surface area (Å²) >= 11 is 0. The van der Waals surface area contributed by atoms with Gasteiger partial charge in [0.2, 0.25) is 5.91 Å². The Bertz CT molecular complexity index is 413. The average Bonchev–Trinajstić information content (AvgIpc) is 3.27. The number of amides is 1. The second-order valence-corrected chi connectivity index (χ2v) is 5.05.